The number of aliphatic carboxylic acids is 1. The molecule has 0 bridgehead atoms. The van der Waals surface area contributed by atoms with Gasteiger partial charge in [-0.3, -0.25) is 9.78 Å². The summed E-state index contributed by atoms with van der Waals surface area (Å²) in [5, 5.41) is 17.0. The van der Waals surface area contributed by atoms with Crippen molar-refractivity contribution < 1.29 is 9.90 Å². The lowest BCUT2D eigenvalue weighted by Crippen LogP contribution is -2.16. The van der Waals surface area contributed by atoms with Gasteiger partial charge in [0.05, 0.1) is 23.7 Å². The summed E-state index contributed by atoms with van der Waals surface area (Å²) in [5.74, 6) is -0.969. The molecule has 0 fully saturated rings. The molecule has 1 atom stereocenters. The first-order chi connectivity index (χ1) is 6.63. The van der Waals surface area contributed by atoms with E-state index in [2.05, 4.69) is 4.98 Å². The molecule has 1 rings (SSSR count). The Morgan fingerprint density at radius 2 is 2.43 bits per heavy atom. The first-order valence-corrected chi connectivity index (χ1v) is 3.97. The summed E-state index contributed by atoms with van der Waals surface area (Å²) in [5.41, 5.74) is 6.47. The molecule has 0 aromatic carbocycles. The third kappa shape index (κ3) is 2.54. The second-order valence-electron chi connectivity index (χ2n) is 2.79. The van der Waals surface area contributed by atoms with Gasteiger partial charge in [-0.15, -0.1) is 0 Å². The standard InChI is InChI=1S/C9H9N3O2/c10-4-6-1-2-8(12-5-6)7(11)3-9(13)14/h1-2,5,7H,3,11H2,(H,13,14). The summed E-state index contributed by atoms with van der Waals surface area (Å²) in [6.07, 6.45) is 1.20. The van der Waals surface area contributed by atoms with Crippen molar-refractivity contribution in [2.75, 3.05) is 0 Å². The van der Waals surface area contributed by atoms with Gasteiger partial charge in [0.15, 0.2) is 0 Å². The molecule has 1 aromatic rings. The Labute approximate surface area is 80.8 Å². The van der Waals surface area contributed by atoms with E-state index in [-0.39, 0.29) is 6.42 Å². The largest absolute Gasteiger partial charge is 0.481 e. The second-order valence-corrected chi connectivity index (χ2v) is 2.79. The zero-order chi connectivity index (χ0) is 10.6. The predicted octanol–water partition coefficient (Wildman–Crippen LogP) is 0.428. The van der Waals surface area contributed by atoms with Crippen LogP contribution in [0.5, 0.6) is 0 Å². The molecule has 5 heteroatoms. The lowest BCUT2D eigenvalue weighted by molar-refractivity contribution is -0.137. The monoisotopic (exact) mass is 191 g/mol. The Hall–Kier alpha value is -1.93. The highest BCUT2D eigenvalue weighted by atomic mass is 16.4. The average molecular weight is 191 g/mol. The van der Waals surface area contributed by atoms with Crippen LogP contribution in [0.25, 0.3) is 0 Å². The number of carbonyl (C=O) groups is 1. The number of rotatable bonds is 3. The van der Waals surface area contributed by atoms with Crippen molar-refractivity contribution in [3.05, 3.63) is 29.6 Å². The predicted molar refractivity (Wildman–Crippen MR) is 48.1 cm³/mol. The highest BCUT2D eigenvalue weighted by Crippen LogP contribution is 2.11. The summed E-state index contributed by atoms with van der Waals surface area (Å²) in [6, 6.07) is 4.41. The van der Waals surface area contributed by atoms with Crippen LogP contribution in [0.15, 0.2) is 18.3 Å². The van der Waals surface area contributed by atoms with Crippen molar-refractivity contribution in [2.24, 2.45) is 5.73 Å². The molecular formula is C9H9N3O2. The number of pyridine rings is 1. The van der Waals surface area contributed by atoms with E-state index in [1.807, 2.05) is 6.07 Å². The summed E-state index contributed by atoms with van der Waals surface area (Å²) in [6.45, 7) is 0. The minimum Gasteiger partial charge on any atom is -0.481 e. The molecule has 0 aliphatic carbocycles. The van der Waals surface area contributed by atoms with Gasteiger partial charge in [-0.2, -0.15) is 5.26 Å². The van der Waals surface area contributed by atoms with Crippen LogP contribution in [-0.4, -0.2) is 16.1 Å². The molecule has 0 saturated carbocycles. The van der Waals surface area contributed by atoms with E-state index in [1.54, 1.807) is 12.1 Å². The third-order valence-electron chi connectivity index (χ3n) is 1.69. The Bertz CT molecular complexity index is 367. The van der Waals surface area contributed by atoms with E-state index in [9.17, 15) is 4.79 Å². The van der Waals surface area contributed by atoms with E-state index in [1.165, 1.54) is 6.20 Å². The van der Waals surface area contributed by atoms with E-state index < -0.39 is 12.0 Å². The van der Waals surface area contributed by atoms with Crippen LogP contribution < -0.4 is 5.73 Å². The molecule has 0 amide bonds. The van der Waals surface area contributed by atoms with Crippen molar-refractivity contribution >= 4 is 5.97 Å². The number of nitrogens with zero attached hydrogens (tertiary/aromatic N) is 2. The van der Waals surface area contributed by atoms with Gasteiger partial charge in [0.25, 0.3) is 0 Å². The van der Waals surface area contributed by atoms with Crippen LogP contribution >= 0.6 is 0 Å². The fourth-order valence-electron chi connectivity index (χ4n) is 0.983. The van der Waals surface area contributed by atoms with Crippen molar-refractivity contribution in [2.45, 2.75) is 12.5 Å². The van der Waals surface area contributed by atoms with Gasteiger partial charge < -0.3 is 10.8 Å². The number of aromatic nitrogens is 1. The molecule has 1 unspecified atom stereocenters. The summed E-state index contributed by atoms with van der Waals surface area (Å²) >= 11 is 0. The van der Waals surface area contributed by atoms with Crippen LogP contribution in [-0.2, 0) is 4.79 Å². The maximum Gasteiger partial charge on any atom is 0.305 e. The number of hydrogen-bond acceptors (Lipinski definition) is 4. The molecule has 0 aliphatic heterocycles. The first-order valence-electron chi connectivity index (χ1n) is 3.97. The van der Waals surface area contributed by atoms with Crippen molar-refractivity contribution in [3.63, 3.8) is 0 Å². The quantitative estimate of drug-likeness (QED) is 0.721. The Morgan fingerprint density at radius 1 is 1.71 bits per heavy atom. The van der Waals surface area contributed by atoms with Gasteiger partial charge in [0, 0.05) is 6.20 Å². The number of hydrogen-bond donors (Lipinski definition) is 2. The van der Waals surface area contributed by atoms with Gasteiger partial charge >= 0.3 is 5.97 Å². The lowest BCUT2D eigenvalue weighted by Gasteiger charge is -2.07. The third-order valence-corrected chi connectivity index (χ3v) is 1.69. The molecule has 1 heterocycles. The molecular weight excluding hydrogens is 182 g/mol. The van der Waals surface area contributed by atoms with E-state index in [4.69, 9.17) is 16.1 Å². The van der Waals surface area contributed by atoms with E-state index >= 15 is 0 Å². The number of nitriles is 1. The summed E-state index contributed by atoms with van der Waals surface area (Å²) in [7, 11) is 0. The topological polar surface area (TPSA) is 100 Å². The van der Waals surface area contributed by atoms with Crippen molar-refractivity contribution in [1.82, 2.24) is 4.98 Å². The lowest BCUT2D eigenvalue weighted by atomic mass is 10.1. The smallest absolute Gasteiger partial charge is 0.305 e. The fraction of sp³-hybridized carbons (Fsp3) is 0.222. The molecule has 0 radical (unpaired) electrons. The van der Waals surface area contributed by atoms with Crippen molar-refractivity contribution in [3.8, 4) is 6.07 Å². The molecule has 14 heavy (non-hydrogen) atoms. The first kappa shape index (κ1) is 10.2. The molecule has 3 N–H and O–H groups in total. The minimum atomic E-state index is -0.969. The van der Waals surface area contributed by atoms with E-state index in [0.717, 1.165) is 0 Å². The van der Waals surface area contributed by atoms with Gasteiger partial charge in [-0.1, -0.05) is 0 Å². The maximum absolute atomic E-state index is 10.3. The average Bonchev–Trinajstić information content (AvgIpc) is 2.17. The van der Waals surface area contributed by atoms with Gasteiger partial charge in [0.2, 0.25) is 0 Å². The highest BCUT2D eigenvalue weighted by molar-refractivity contribution is 5.67. The summed E-state index contributed by atoms with van der Waals surface area (Å²) in [4.78, 5) is 14.2. The number of carboxylic acids is 1. The molecule has 1 aromatic heterocycles. The van der Waals surface area contributed by atoms with Crippen LogP contribution in [0, 0.1) is 11.3 Å². The zero-order valence-electron chi connectivity index (χ0n) is 7.34. The zero-order valence-corrected chi connectivity index (χ0v) is 7.34. The van der Waals surface area contributed by atoms with Crippen LogP contribution in [0.1, 0.15) is 23.7 Å². The normalized spacial score (nSPS) is 11.7. The minimum absolute atomic E-state index is 0.168. The van der Waals surface area contributed by atoms with Gasteiger partial charge in [-0.05, 0) is 12.1 Å². The van der Waals surface area contributed by atoms with Gasteiger partial charge in [0.1, 0.15) is 6.07 Å². The highest BCUT2D eigenvalue weighted by Gasteiger charge is 2.11. The number of nitrogens with two attached hydrogens (primary N) is 1. The molecule has 0 spiro atoms. The SMILES string of the molecule is N#Cc1ccc(C(N)CC(=O)O)nc1. The van der Waals surface area contributed by atoms with Crippen LogP contribution in [0.3, 0.4) is 0 Å². The second kappa shape index (κ2) is 4.35. The molecule has 72 valence electrons. The maximum atomic E-state index is 10.3. The van der Waals surface area contributed by atoms with Gasteiger partial charge in [-0.25, -0.2) is 0 Å². The summed E-state index contributed by atoms with van der Waals surface area (Å²) < 4.78 is 0. The van der Waals surface area contributed by atoms with E-state index in [0.29, 0.717) is 11.3 Å². The number of carboxylic acid groups (broad SMARTS) is 1. The van der Waals surface area contributed by atoms with Crippen LogP contribution in [0.2, 0.25) is 0 Å². The van der Waals surface area contributed by atoms with Crippen molar-refractivity contribution in [1.29, 1.82) is 5.26 Å². The molecule has 0 aliphatic rings. The Morgan fingerprint density at radius 3 is 2.86 bits per heavy atom. The Balaban J connectivity index is 2.77. The van der Waals surface area contributed by atoms with Crippen LogP contribution in [0.4, 0.5) is 0 Å². The molecule has 5 nitrogen and oxygen atoms in total. The Kier molecular flexibility index (Phi) is 3.15. The fourth-order valence-corrected chi connectivity index (χ4v) is 0.983. The molecule has 0 saturated heterocycles.